The minimum absolute atomic E-state index is 0. The number of hydrogen-bond donors (Lipinski definition) is 0. The van der Waals surface area contributed by atoms with Crippen molar-refractivity contribution in [3.05, 3.63) is 41.5 Å². The van der Waals surface area contributed by atoms with E-state index in [0.29, 0.717) is 5.39 Å². The summed E-state index contributed by atoms with van der Waals surface area (Å²) in [5, 5.41) is 1.41. The van der Waals surface area contributed by atoms with Crippen molar-refractivity contribution in [2.75, 3.05) is 0 Å². The second-order valence-corrected chi connectivity index (χ2v) is 7.81. The second-order valence-electron chi connectivity index (χ2n) is 6.47. The Hall–Kier alpha value is -0.390. The predicted octanol–water partition coefficient (Wildman–Crippen LogP) is 2.21. The van der Waals surface area contributed by atoms with Gasteiger partial charge < -0.3 is 4.55 Å². The minimum atomic E-state index is -4.46. The summed E-state index contributed by atoms with van der Waals surface area (Å²) in [6, 6.07) is 8.98. The molecule has 5 heteroatoms. The van der Waals surface area contributed by atoms with Gasteiger partial charge in [0.1, 0.15) is 10.1 Å². The van der Waals surface area contributed by atoms with Crippen molar-refractivity contribution in [3.8, 4) is 0 Å². The maximum Gasteiger partial charge on any atom is 1.00 e. The Morgan fingerprint density at radius 3 is 1.96 bits per heavy atom. The molecule has 2 rings (SSSR count). The van der Waals surface area contributed by atoms with Crippen LogP contribution in [0.25, 0.3) is 10.8 Å². The molecule has 0 radical (unpaired) electrons. The first-order chi connectivity index (χ1) is 11.5. The van der Waals surface area contributed by atoms with Crippen molar-refractivity contribution in [1.29, 1.82) is 0 Å². The molecule has 0 saturated carbocycles. The van der Waals surface area contributed by atoms with E-state index in [2.05, 4.69) is 19.9 Å². The molecule has 132 valence electrons. The molecule has 0 bridgehead atoms. The Morgan fingerprint density at radius 1 is 0.880 bits per heavy atom. The van der Waals surface area contributed by atoms with Crippen LogP contribution in [0.5, 0.6) is 0 Å². The zero-order chi connectivity index (χ0) is 17.6. The summed E-state index contributed by atoms with van der Waals surface area (Å²) in [7, 11) is -4.46. The molecular weight excluding hydrogens is 343 g/mol. The quantitative estimate of drug-likeness (QED) is 0.386. The van der Waals surface area contributed by atoms with Crippen LogP contribution in [-0.2, 0) is 23.0 Å². The number of benzene rings is 2. The minimum Gasteiger partial charge on any atom is -0.744 e. The van der Waals surface area contributed by atoms with Crippen molar-refractivity contribution in [3.63, 3.8) is 0 Å². The van der Waals surface area contributed by atoms with Gasteiger partial charge >= 0.3 is 29.6 Å². The molecule has 0 saturated heterocycles. The van der Waals surface area contributed by atoms with Crippen LogP contribution >= 0.6 is 0 Å². The third-order valence-electron chi connectivity index (χ3n) is 4.53. The first kappa shape index (κ1) is 22.7. The molecule has 0 heterocycles. The molecule has 0 aromatic heterocycles. The number of rotatable bonds is 9. The Balaban J connectivity index is 0.00000312. The van der Waals surface area contributed by atoms with Crippen LogP contribution in [0, 0.1) is 0 Å². The average molecular weight is 370 g/mol. The summed E-state index contributed by atoms with van der Waals surface area (Å²) in [4.78, 5) is -0.100. The largest absolute Gasteiger partial charge is 1.00 e. The third-order valence-corrected chi connectivity index (χ3v) is 5.42. The van der Waals surface area contributed by atoms with Gasteiger partial charge in [-0.05, 0) is 59.7 Å². The Bertz CT molecular complexity index is 785. The van der Waals surface area contributed by atoms with Gasteiger partial charge in [0.15, 0.2) is 0 Å². The Morgan fingerprint density at radius 2 is 1.44 bits per heavy atom. The molecule has 25 heavy (non-hydrogen) atoms. The summed E-state index contributed by atoms with van der Waals surface area (Å²) in [5.74, 6) is 0. The van der Waals surface area contributed by atoms with Crippen LogP contribution in [0.2, 0.25) is 0 Å². The molecule has 2 aromatic rings. The van der Waals surface area contributed by atoms with Crippen LogP contribution in [0.4, 0.5) is 0 Å². The van der Waals surface area contributed by atoms with Gasteiger partial charge in [0.05, 0.1) is 4.90 Å². The Labute approximate surface area is 174 Å². The fourth-order valence-corrected chi connectivity index (χ4v) is 3.89. The van der Waals surface area contributed by atoms with Gasteiger partial charge in [-0.1, -0.05) is 57.7 Å². The van der Waals surface area contributed by atoms with E-state index < -0.39 is 10.1 Å². The summed E-state index contributed by atoms with van der Waals surface area (Å²) in [5.41, 5.74) is 2.50. The van der Waals surface area contributed by atoms with E-state index in [1.54, 1.807) is 6.07 Å². The average Bonchev–Trinajstić information content (AvgIpc) is 2.54. The zero-order valence-corrected chi connectivity index (χ0v) is 18.5. The third kappa shape index (κ3) is 6.37. The molecule has 0 fully saturated rings. The fourth-order valence-electron chi connectivity index (χ4n) is 3.20. The van der Waals surface area contributed by atoms with Gasteiger partial charge in [0, 0.05) is 0 Å². The Kier molecular flexibility index (Phi) is 9.68. The van der Waals surface area contributed by atoms with E-state index in [-0.39, 0.29) is 34.5 Å². The number of fused-ring (bicyclic) bond motifs is 1. The van der Waals surface area contributed by atoms with Crippen LogP contribution in [0.1, 0.15) is 63.5 Å². The van der Waals surface area contributed by atoms with Gasteiger partial charge in [0.25, 0.3) is 0 Å². The molecule has 0 N–H and O–H groups in total. The molecule has 2 aromatic carbocycles. The fraction of sp³-hybridized carbons (Fsp3) is 0.500. The van der Waals surface area contributed by atoms with E-state index in [0.717, 1.165) is 43.9 Å². The predicted molar refractivity (Wildman–Crippen MR) is 98.4 cm³/mol. The molecule has 0 unspecified atom stereocenters. The zero-order valence-electron chi connectivity index (χ0n) is 15.7. The summed E-state index contributed by atoms with van der Waals surface area (Å²) < 4.78 is 34.7. The van der Waals surface area contributed by atoms with Crippen LogP contribution in [0.3, 0.4) is 0 Å². The van der Waals surface area contributed by atoms with Gasteiger partial charge in [-0.3, -0.25) is 0 Å². The van der Waals surface area contributed by atoms with E-state index in [9.17, 15) is 13.0 Å². The number of unbranched alkanes of at least 4 members (excludes halogenated alkanes) is 4. The normalized spacial score (nSPS) is 11.5. The van der Waals surface area contributed by atoms with Crippen LogP contribution < -0.4 is 29.6 Å². The van der Waals surface area contributed by atoms with Gasteiger partial charge in [-0.2, -0.15) is 0 Å². The molecule has 3 nitrogen and oxygen atoms in total. The molecule has 0 spiro atoms. The van der Waals surface area contributed by atoms with Crippen molar-refractivity contribution in [2.45, 2.75) is 70.1 Å². The summed E-state index contributed by atoms with van der Waals surface area (Å²) in [6.07, 6.45) is 8.88. The first-order valence-corrected chi connectivity index (χ1v) is 10.4. The monoisotopic (exact) mass is 370 g/mol. The maximum atomic E-state index is 11.6. The molecule has 0 atom stereocenters. The van der Waals surface area contributed by atoms with Gasteiger partial charge in [-0.25, -0.2) is 8.42 Å². The van der Waals surface area contributed by atoms with Crippen molar-refractivity contribution >= 4 is 20.9 Å². The van der Waals surface area contributed by atoms with Crippen molar-refractivity contribution < 1.29 is 42.5 Å². The molecular formula is C20H27NaO3S. The molecule has 0 aliphatic carbocycles. The second kappa shape index (κ2) is 10.7. The van der Waals surface area contributed by atoms with E-state index in [1.165, 1.54) is 30.0 Å². The SMILES string of the molecule is CCCCCc1cc2cccc(S(=O)(=O)[O-])c2cc1CCCCC.[Na+]. The molecule has 0 aliphatic rings. The van der Waals surface area contributed by atoms with Crippen LogP contribution in [0.15, 0.2) is 35.2 Å². The smallest absolute Gasteiger partial charge is 0.744 e. The van der Waals surface area contributed by atoms with E-state index in [4.69, 9.17) is 0 Å². The first-order valence-electron chi connectivity index (χ1n) is 8.97. The van der Waals surface area contributed by atoms with E-state index in [1.807, 2.05) is 12.1 Å². The van der Waals surface area contributed by atoms with Crippen molar-refractivity contribution in [1.82, 2.24) is 0 Å². The standard InChI is InChI=1S/C20H28O3S.Na/c1-3-5-7-10-16-14-18-12-9-13-20(24(21,22)23)19(18)15-17(16)11-8-6-4-2;/h9,12-15H,3-8,10-11H2,1-2H3,(H,21,22,23);/q;+1/p-1. The summed E-state index contributed by atoms with van der Waals surface area (Å²) in [6.45, 7) is 4.36. The molecule has 0 aliphatic heterocycles. The number of hydrogen-bond acceptors (Lipinski definition) is 3. The van der Waals surface area contributed by atoms with Gasteiger partial charge in [0.2, 0.25) is 0 Å². The summed E-state index contributed by atoms with van der Waals surface area (Å²) >= 11 is 0. The maximum absolute atomic E-state index is 11.6. The molecule has 0 amide bonds. The van der Waals surface area contributed by atoms with Crippen LogP contribution in [-0.4, -0.2) is 13.0 Å². The number of aryl methyl sites for hydroxylation is 2. The van der Waals surface area contributed by atoms with E-state index >= 15 is 0 Å². The van der Waals surface area contributed by atoms with Gasteiger partial charge in [-0.15, -0.1) is 0 Å². The van der Waals surface area contributed by atoms with Crippen molar-refractivity contribution in [2.24, 2.45) is 0 Å². The topological polar surface area (TPSA) is 57.2 Å².